The summed E-state index contributed by atoms with van der Waals surface area (Å²) in [6.45, 7) is 1.85. The molecule has 2 rings (SSSR count). The van der Waals surface area contributed by atoms with Gasteiger partial charge < -0.3 is 10.4 Å². The number of pyridine rings is 1. The monoisotopic (exact) mass is 232 g/mol. The molecule has 1 aromatic heterocycles. The molecule has 0 bridgehead atoms. The van der Waals surface area contributed by atoms with Crippen LogP contribution in [0.4, 0.5) is 10.1 Å². The third kappa shape index (κ3) is 2.72. The SMILES string of the molecule is CC(Nc1cccnc1)c1ccc(O)cc1F. The van der Waals surface area contributed by atoms with Crippen LogP contribution in [-0.4, -0.2) is 10.1 Å². The second kappa shape index (κ2) is 4.82. The fourth-order valence-electron chi connectivity index (χ4n) is 1.64. The highest BCUT2D eigenvalue weighted by atomic mass is 19.1. The molecule has 1 heterocycles. The first-order valence-electron chi connectivity index (χ1n) is 5.32. The van der Waals surface area contributed by atoms with Crippen molar-refractivity contribution < 1.29 is 9.50 Å². The van der Waals surface area contributed by atoms with Crippen LogP contribution in [0.25, 0.3) is 0 Å². The van der Waals surface area contributed by atoms with Gasteiger partial charge >= 0.3 is 0 Å². The van der Waals surface area contributed by atoms with Crippen LogP contribution in [0.1, 0.15) is 18.5 Å². The Morgan fingerprint density at radius 2 is 2.18 bits per heavy atom. The van der Waals surface area contributed by atoms with Crippen molar-refractivity contribution in [3.63, 3.8) is 0 Å². The fraction of sp³-hybridized carbons (Fsp3) is 0.154. The van der Waals surface area contributed by atoms with Crippen molar-refractivity contribution in [2.45, 2.75) is 13.0 Å². The van der Waals surface area contributed by atoms with Crippen molar-refractivity contribution in [1.82, 2.24) is 4.98 Å². The van der Waals surface area contributed by atoms with Crippen LogP contribution >= 0.6 is 0 Å². The number of hydrogen-bond acceptors (Lipinski definition) is 3. The Morgan fingerprint density at radius 1 is 1.35 bits per heavy atom. The maximum Gasteiger partial charge on any atom is 0.132 e. The molecule has 0 fully saturated rings. The van der Waals surface area contributed by atoms with Crippen molar-refractivity contribution in [3.8, 4) is 5.75 Å². The van der Waals surface area contributed by atoms with Crippen LogP contribution < -0.4 is 5.32 Å². The molecule has 17 heavy (non-hydrogen) atoms. The zero-order valence-corrected chi connectivity index (χ0v) is 9.39. The summed E-state index contributed by atoms with van der Waals surface area (Å²) < 4.78 is 13.6. The molecule has 0 spiro atoms. The number of phenols is 1. The number of nitrogens with zero attached hydrogens (tertiary/aromatic N) is 1. The van der Waals surface area contributed by atoms with Crippen LogP contribution in [0.5, 0.6) is 5.75 Å². The van der Waals surface area contributed by atoms with Gasteiger partial charge in [-0.1, -0.05) is 6.07 Å². The summed E-state index contributed by atoms with van der Waals surface area (Å²) in [5.41, 5.74) is 1.33. The van der Waals surface area contributed by atoms with Crippen molar-refractivity contribution >= 4 is 5.69 Å². The highest BCUT2D eigenvalue weighted by Crippen LogP contribution is 2.23. The molecule has 1 aromatic carbocycles. The van der Waals surface area contributed by atoms with Crippen LogP contribution in [0.2, 0.25) is 0 Å². The minimum atomic E-state index is -0.422. The quantitative estimate of drug-likeness (QED) is 0.854. The molecule has 0 aliphatic rings. The van der Waals surface area contributed by atoms with Gasteiger partial charge in [0.25, 0.3) is 0 Å². The average molecular weight is 232 g/mol. The summed E-state index contributed by atoms with van der Waals surface area (Å²) in [6, 6.07) is 7.62. The Labute approximate surface area is 98.9 Å². The summed E-state index contributed by atoms with van der Waals surface area (Å²) in [5, 5.41) is 12.3. The maximum absolute atomic E-state index is 13.6. The molecular weight excluding hydrogens is 219 g/mol. The van der Waals surface area contributed by atoms with E-state index in [0.717, 1.165) is 11.8 Å². The van der Waals surface area contributed by atoms with Crippen molar-refractivity contribution in [1.29, 1.82) is 0 Å². The second-order valence-electron chi connectivity index (χ2n) is 3.81. The summed E-state index contributed by atoms with van der Waals surface area (Å²) in [5.74, 6) is -0.492. The number of aromatic nitrogens is 1. The molecule has 2 N–H and O–H groups in total. The first-order valence-corrected chi connectivity index (χ1v) is 5.32. The number of aromatic hydroxyl groups is 1. The predicted molar refractivity (Wildman–Crippen MR) is 64.3 cm³/mol. The summed E-state index contributed by atoms with van der Waals surface area (Å²) in [4.78, 5) is 3.97. The standard InChI is InChI=1S/C13H13FN2O/c1-9(16-10-3-2-6-15-8-10)12-5-4-11(17)7-13(12)14/h2-9,16-17H,1H3. The van der Waals surface area contributed by atoms with E-state index in [9.17, 15) is 4.39 Å². The van der Waals surface area contributed by atoms with E-state index in [1.165, 1.54) is 6.07 Å². The Kier molecular flexibility index (Phi) is 3.23. The molecule has 1 unspecified atom stereocenters. The van der Waals surface area contributed by atoms with Gasteiger partial charge in [0.05, 0.1) is 11.7 Å². The third-order valence-corrected chi connectivity index (χ3v) is 2.50. The normalized spacial score (nSPS) is 12.1. The van der Waals surface area contributed by atoms with E-state index in [-0.39, 0.29) is 11.8 Å². The van der Waals surface area contributed by atoms with E-state index < -0.39 is 5.82 Å². The highest BCUT2D eigenvalue weighted by Gasteiger charge is 2.11. The lowest BCUT2D eigenvalue weighted by atomic mass is 10.1. The van der Waals surface area contributed by atoms with E-state index in [4.69, 9.17) is 5.11 Å². The number of phenolic OH excluding ortho intramolecular Hbond substituents is 1. The van der Waals surface area contributed by atoms with Gasteiger partial charge in [0.1, 0.15) is 11.6 Å². The van der Waals surface area contributed by atoms with E-state index in [1.807, 2.05) is 19.1 Å². The van der Waals surface area contributed by atoms with Crippen molar-refractivity contribution in [2.75, 3.05) is 5.32 Å². The molecule has 0 aliphatic heterocycles. The number of benzene rings is 1. The molecule has 0 amide bonds. The lowest BCUT2D eigenvalue weighted by Crippen LogP contribution is -2.08. The Hall–Kier alpha value is -2.10. The summed E-state index contributed by atoms with van der Waals surface area (Å²) in [7, 11) is 0. The van der Waals surface area contributed by atoms with Gasteiger partial charge in [-0.15, -0.1) is 0 Å². The molecule has 0 aliphatic carbocycles. The lowest BCUT2D eigenvalue weighted by Gasteiger charge is -2.16. The maximum atomic E-state index is 13.6. The molecule has 3 nitrogen and oxygen atoms in total. The van der Waals surface area contributed by atoms with Crippen molar-refractivity contribution in [3.05, 3.63) is 54.1 Å². The largest absolute Gasteiger partial charge is 0.508 e. The molecule has 1 atom stereocenters. The van der Waals surface area contributed by atoms with Gasteiger partial charge in [0.2, 0.25) is 0 Å². The van der Waals surface area contributed by atoms with E-state index in [1.54, 1.807) is 18.5 Å². The van der Waals surface area contributed by atoms with Gasteiger partial charge in [-0.05, 0) is 25.1 Å². The average Bonchev–Trinajstić information content (AvgIpc) is 2.30. The second-order valence-corrected chi connectivity index (χ2v) is 3.81. The third-order valence-electron chi connectivity index (χ3n) is 2.50. The molecule has 88 valence electrons. The lowest BCUT2D eigenvalue weighted by molar-refractivity contribution is 0.467. The smallest absolute Gasteiger partial charge is 0.132 e. The van der Waals surface area contributed by atoms with Gasteiger partial charge in [-0.25, -0.2) is 4.39 Å². The molecule has 2 aromatic rings. The Morgan fingerprint density at radius 3 is 2.82 bits per heavy atom. The van der Waals surface area contributed by atoms with Gasteiger partial charge in [0.15, 0.2) is 0 Å². The molecule has 0 saturated heterocycles. The van der Waals surface area contributed by atoms with Crippen molar-refractivity contribution in [2.24, 2.45) is 0 Å². The molecular formula is C13H13FN2O. The number of nitrogens with one attached hydrogen (secondary N) is 1. The Balaban J connectivity index is 2.17. The number of rotatable bonds is 3. The minimum absolute atomic E-state index is 0.0696. The van der Waals surface area contributed by atoms with Gasteiger partial charge in [-0.3, -0.25) is 4.98 Å². The summed E-state index contributed by atoms with van der Waals surface area (Å²) in [6.07, 6.45) is 3.35. The first-order chi connectivity index (χ1) is 8.16. The van der Waals surface area contributed by atoms with Gasteiger partial charge in [0, 0.05) is 24.0 Å². The van der Waals surface area contributed by atoms with Crippen LogP contribution in [-0.2, 0) is 0 Å². The first kappa shape index (κ1) is 11.4. The van der Waals surface area contributed by atoms with E-state index in [2.05, 4.69) is 10.3 Å². The fourth-order valence-corrected chi connectivity index (χ4v) is 1.64. The number of anilines is 1. The molecule has 4 heteroatoms. The van der Waals surface area contributed by atoms with Crippen LogP contribution in [0, 0.1) is 5.82 Å². The number of halogens is 1. The van der Waals surface area contributed by atoms with E-state index >= 15 is 0 Å². The minimum Gasteiger partial charge on any atom is -0.508 e. The summed E-state index contributed by atoms with van der Waals surface area (Å²) >= 11 is 0. The topological polar surface area (TPSA) is 45.2 Å². The zero-order chi connectivity index (χ0) is 12.3. The van der Waals surface area contributed by atoms with Gasteiger partial charge in [-0.2, -0.15) is 0 Å². The zero-order valence-electron chi connectivity index (χ0n) is 9.39. The molecule has 0 radical (unpaired) electrons. The van der Waals surface area contributed by atoms with Crippen LogP contribution in [0.3, 0.4) is 0 Å². The van der Waals surface area contributed by atoms with E-state index in [0.29, 0.717) is 5.56 Å². The van der Waals surface area contributed by atoms with Crippen LogP contribution in [0.15, 0.2) is 42.7 Å². The molecule has 0 saturated carbocycles. The predicted octanol–water partition coefficient (Wildman–Crippen LogP) is 3.10. The number of hydrogen-bond donors (Lipinski definition) is 2. The highest BCUT2D eigenvalue weighted by molar-refractivity contribution is 5.43. The Bertz CT molecular complexity index is 502.